The minimum atomic E-state index is -0.138. The Morgan fingerprint density at radius 2 is 2.03 bits per heavy atom. The highest BCUT2D eigenvalue weighted by Crippen LogP contribution is 2.65. The van der Waals surface area contributed by atoms with Crippen molar-refractivity contribution in [3.05, 3.63) is 47.8 Å². The Hall–Kier alpha value is -1.90. The molecule has 2 saturated carbocycles. The number of ether oxygens (including phenoxy) is 1. The number of nitrogens with zero attached hydrogens (tertiary/aromatic N) is 1. The average molecular weight is 392 g/mol. The smallest absolute Gasteiger partial charge is 0.302 e. The van der Waals surface area contributed by atoms with Gasteiger partial charge in [-0.15, -0.1) is 0 Å². The molecule has 4 aliphatic carbocycles. The monoisotopic (exact) mass is 391 g/mol. The normalized spacial score (nSPS) is 40.8. The van der Waals surface area contributed by atoms with E-state index >= 15 is 0 Å². The van der Waals surface area contributed by atoms with Crippen LogP contribution in [0.25, 0.3) is 5.57 Å². The first-order valence-corrected chi connectivity index (χ1v) is 11.4. The minimum Gasteiger partial charge on any atom is -0.462 e. The molecule has 1 aromatic rings. The maximum Gasteiger partial charge on any atom is 0.302 e. The van der Waals surface area contributed by atoms with E-state index in [1.54, 1.807) is 5.57 Å². The molecule has 3 nitrogen and oxygen atoms in total. The number of pyridine rings is 1. The Balaban J connectivity index is 1.40. The molecule has 0 saturated heterocycles. The van der Waals surface area contributed by atoms with Gasteiger partial charge in [-0.1, -0.05) is 37.6 Å². The van der Waals surface area contributed by atoms with Gasteiger partial charge in [-0.2, -0.15) is 0 Å². The van der Waals surface area contributed by atoms with Crippen LogP contribution in [0.15, 0.2) is 42.3 Å². The first kappa shape index (κ1) is 19.1. The van der Waals surface area contributed by atoms with Crippen LogP contribution in [0.4, 0.5) is 0 Å². The Labute approximate surface area is 174 Å². The van der Waals surface area contributed by atoms with Gasteiger partial charge >= 0.3 is 5.97 Å². The van der Waals surface area contributed by atoms with Gasteiger partial charge in [0.15, 0.2) is 0 Å². The molecule has 1 aromatic heterocycles. The Kier molecular flexibility index (Phi) is 4.49. The van der Waals surface area contributed by atoms with E-state index in [2.05, 4.69) is 43.1 Å². The molecule has 0 spiro atoms. The van der Waals surface area contributed by atoms with E-state index in [1.807, 2.05) is 12.4 Å². The SMILES string of the molecule is CC(=O)O[C@H]1CC[C@@]2(C)C(=CC[C@H]3[C@@H]4CC(c5cccnc5)=C[C@@]4(C)CC[C@@H]32)C1. The number of hydrogen-bond donors (Lipinski definition) is 0. The zero-order valence-electron chi connectivity index (χ0n) is 18.0. The van der Waals surface area contributed by atoms with Crippen LogP contribution in [0, 0.1) is 28.6 Å². The molecule has 0 N–H and O–H groups in total. The molecule has 1 heterocycles. The van der Waals surface area contributed by atoms with Crippen molar-refractivity contribution in [2.24, 2.45) is 28.6 Å². The Morgan fingerprint density at radius 3 is 2.79 bits per heavy atom. The van der Waals surface area contributed by atoms with Gasteiger partial charge < -0.3 is 4.74 Å². The number of esters is 1. The van der Waals surface area contributed by atoms with Gasteiger partial charge in [-0.3, -0.25) is 9.78 Å². The molecule has 2 fully saturated rings. The molecule has 0 bridgehead atoms. The summed E-state index contributed by atoms with van der Waals surface area (Å²) in [5.74, 6) is 2.12. The Bertz CT molecular complexity index is 872. The second kappa shape index (κ2) is 6.82. The minimum absolute atomic E-state index is 0.0857. The summed E-state index contributed by atoms with van der Waals surface area (Å²) in [6.07, 6.45) is 17.2. The summed E-state index contributed by atoms with van der Waals surface area (Å²) < 4.78 is 5.58. The van der Waals surface area contributed by atoms with Gasteiger partial charge in [0.2, 0.25) is 0 Å². The third-order valence-corrected chi connectivity index (χ3v) is 8.81. The van der Waals surface area contributed by atoms with Crippen LogP contribution in [0.3, 0.4) is 0 Å². The summed E-state index contributed by atoms with van der Waals surface area (Å²) in [4.78, 5) is 15.8. The second-order valence-electron chi connectivity index (χ2n) is 10.4. The molecule has 0 amide bonds. The van der Waals surface area contributed by atoms with Crippen molar-refractivity contribution in [1.29, 1.82) is 0 Å². The fourth-order valence-corrected chi connectivity index (χ4v) is 7.32. The fourth-order valence-electron chi connectivity index (χ4n) is 7.32. The standard InChI is InChI=1S/C26H33NO2/c1-17(28)29-21-8-11-26(3)20(14-21)6-7-22-23(26)9-10-25(2)15-19(13-24(22)25)18-5-4-12-27-16-18/h4-6,12,15-16,21-24H,7-11,13-14H2,1-3H3/t21-,22+,23-,24-,25+,26-/m0/s1. The van der Waals surface area contributed by atoms with Crippen LogP contribution in [-0.4, -0.2) is 17.1 Å². The van der Waals surface area contributed by atoms with Crippen molar-refractivity contribution in [2.75, 3.05) is 0 Å². The van der Waals surface area contributed by atoms with Crippen molar-refractivity contribution in [1.82, 2.24) is 4.98 Å². The molecule has 6 atom stereocenters. The van der Waals surface area contributed by atoms with Gasteiger partial charge in [-0.25, -0.2) is 0 Å². The van der Waals surface area contributed by atoms with Crippen LogP contribution < -0.4 is 0 Å². The van der Waals surface area contributed by atoms with Crippen LogP contribution in [0.2, 0.25) is 0 Å². The number of rotatable bonds is 2. The third-order valence-electron chi connectivity index (χ3n) is 8.81. The van der Waals surface area contributed by atoms with Crippen molar-refractivity contribution < 1.29 is 9.53 Å². The van der Waals surface area contributed by atoms with Gasteiger partial charge in [0.25, 0.3) is 0 Å². The first-order chi connectivity index (χ1) is 13.9. The van der Waals surface area contributed by atoms with E-state index in [-0.39, 0.29) is 17.5 Å². The molecule has 0 radical (unpaired) electrons. The van der Waals surface area contributed by atoms with Gasteiger partial charge in [0.1, 0.15) is 6.10 Å². The van der Waals surface area contributed by atoms with Crippen molar-refractivity contribution in [3.8, 4) is 0 Å². The first-order valence-electron chi connectivity index (χ1n) is 11.4. The number of hydrogen-bond acceptors (Lipinski definition) is 3. The van der Waals surface area contributed by atoms with Crippen molar-refractivity contribution >= 4 is 11.5 Å². The maximum atomic E-state index is 11.4. The highest BCUT2D eigenvalue weighted by molar-refractivity contribution is 5.68. The highest BCUT2D eigenvalue weighted by atomic mass is 16.5. The lowest BCUT2D eigenvalue weighted by atomic mass is 9.48. The predicted molar refractivity (Wildman–Crippen MR) is 115 cm³/mol. The number of fused-ring (bicyclic) bond motifs is 5. The molecule has 0 unspecified atom stereocenters. The third kappa shape index (κ3) is 3.08. The Morgan fingerprint density at radius 1 is 1.17 bits per heavy atom. The van der Waals surface area contributed by atoms with Crippen LogP contribution in [0.1, 0.15) is 71.3 Å². The van der Waals surface area contributed by atoms with Gasteiger partial charge in [-0.05, 0) is 84.3 Å². The molecule has 154 valence electrons. The lowest BCUT2D eigenvalue weighted by molar-refractivity contribution is -0.148. The lowest BCUT2D eigenvalue weighted by Crippen LogP contribution is -2.49. The summed E-state index contributed by atoms with van der Waals surface area (Å²) in [7, 11) is 0. The van der Waals surface area contributed by atoms with E-state index in [9.17, 15) is 4.79 Å². The summed E-state index contributed by atoms with van der Waals surface area (Å²) >= 11 is 0. The second-order valence-corrected chi connectivity index (χ2v) is 10.4. The van der Waals surface area contributed by atoms with Crippen molar-refractivity contribution in [3.63, 3.8) is 0 Å². The molecular weight excluding hydrogens is 358 g/mol. The maximum absolute atomic E-state index is 11.4. The average Bonchev–Trinajstić information content (AvgIpc) is 3.06. The number of carbonyl (C=O) groups excluding carboxylic acids is 1. The zero-order valence-corrected chi connectivity index (χ0v) is 18.0. The molecule has 3 heteroatoms. The van der Waals surface area contributed by atoms with E-state index in [4.69, 9.17) is 4.74 Å². The predicted octanol–water partition coefficient (Wildman–Crippen LogP) is 5.97. The molecular formula is C26H33NO2. The molecule has 5 rings (SSSR count). The summed E-state index contributed by atoms with van der Waals surface area (Å²) in [5, 5.41) is 0. The van der Waals surface area contributed by atoms with Crippen molar-refractivity contribution in [2.45, 2.75) is 71.8 Å². The number of carbonyl (C=O) groups is 1. The van der Waals surface area contributed by atoms with E-state index < -0.39 is 0 Å². The van der Waals surface area contributed by atoms with E-state index in [0.29, 0.717) is 5.41 Å². The van der Waals surface area contributed by atoms with Crippen LogP contribution in [0.5, 0.6) is 0 Å². The van der Waals surface area contributed by atoms with E-state index in [1.165, 1.54) is 43.7 Å². The number of aromatic nitrogens is 1. The van der Waals surface area contributed by atoms with E-state index in [0.717, 1.165) is 37.0 Å². The fraction of sp³-hybridized carbons (Fsp3) is 0.615. The summed E-state index contributed by atoms with van der Waals surface area (Å²) in [5.41, 5.74) is 4.99. The summed E-state index contributed by atoms with van der Waals surface area (Å²) in [6, 6.07) is 4.27. The molecule has 0 aliphatic heterocycles. The quantitative estimate of drug-likeness (QED) is 0.460. The van der Waals surface area contributed by atoms with Gasteiger partial charge in [0.05, 0.1) is 0 Å². The lowest BCUT2D eigenvalue weighted by Gasteiger charge is -2.57. The van der Waals surface area contributed by atoms with Gasteiger partial charge in [0, 0.05) is 25.7 Å². The topological polar surface area (TPSA) is 39.2 Å². The largest absolute Gasteiger partial charge is 0.462 e. The number of allylic oxidation sites excluding steroid dienone is 3. The molecule has 4 aliphatic rings. The summed E-state index contributed by atoms with van der Waals surface area (Å²) in [6.45, 7) is 6.54. The zero-order chi connectivity index (χ0) is 20.2. The molecule has 0 aromatic carbocycles. The molecule has 29 heavy (non-hydrogen) atoms. The highest BCUT2D eigenvalue weighted by Gasteiger charge is 2.55. The van der Waals surface area contributed by atoms with Crippen LogP contribution >= 0.6 is 0 Å². The van der Waals surface area contributed by atoms with Crippen LogP contribution in [-0.2, 0) is 9.53 Å².